The highest BCUT2D eigenvalue weighted by Gasteiger charge is 2.46. The highest BCUT2D eigenvalue weighted by Crippen LogP contribution is 2.24. The highest BCUT2D eigenvalue weighted by atomic mass is 32.2. The average Bonchev–Trinajstić information content (AvgIpc) is 3.18. The molecule has 0 radical (unpaired) electrons. The van der Waals surface area contributed by atoms with Crippen molar-refractivity contribution in [2.24, 2.45) is 0 Å². The van der Waals surface area contributed by atoms with E-state index in [0.29, 0.717) is 12.8 Å². The van der Waals surface area contributed by atoms with E-state index in [1.165, 1.54) is 109 Å². The molecule has 12 nitrogen and oxygen atoms in total. The van der Waals surface area contributed by atoms with Gasteiger partial charge in [0.25, 0.3) is 10.1 Å². The molecule has 1 rings (SSSR count). The van der Waals surface area contributed by atoms with Crippen LogP contribution in [-0.2, 0) is 38.7 Å². The number of carbonyl (C=O) groups excluding carboxylic acids is 2. The van der Waals surface area contributed by atoms with Crippen LogP contribution in [0.4, 0.5) is 0 Å². The summed E-state index contributed by atoms with van der Waals surface area (Å²) in [7, 11) is -4.60. The molecule has 4 N–H and O–H groups in total. The van der Waals surface area contributed by atoms with Gasteiger partial charge in [-0.3, -0.25) is 14.1 Å². The molecule has 0 bridgehead atoms. The number of unbranched alkanes of at least 4 members (excludes halogenated alkanes) is 25. The Morgan fingerprint density at radius 1 is 0.569 bits per heavy atom. The van der Waals surface area contributed by atoms with Crippen LogP contribution in [0.15, 0.2) is 12.2 Å². The fourth-order valence-electron chi connectivity index (χ4n) is 7.20. The van der Waals surface area contributed by atoms with Crippen molar-refractivity contribution in [2.45, 2.75) is 243 Å². The Bertz CT molecular complexity index is 1130. The Hall–Kier alpha value is -1.61. The summed E-state index contributed by atoms with van der Waals surface area (Å²) in [6.07, 6.45) is 28.2. The number of hydrogen-bond acceptors (Lipinski definition) is 11. The summed E-state index contributed by atoms with van der Waals surface area (Å²) in [6, 6.07) is 0. The molecule has 1 aliphatic rings. The van der Waals surface area contributed by atoms with Crippen molar-refractivity contribution in [3.63, 3.8) is 0 Å². The predicted molar refractivity (Wildman–Crippen MR) is 229 cm³/mol. The van der Waals surface area contributed by atoms with E-state index >= 15 is 0 Å². The Kier molecular flexibility index (Phi) is 33.8. The maximum Gasteiger partial charge on any atom is 0.306 e. The van der Waals surface area contributed by atoms with Crippen LogP contribution in [-0.4, -0.2) is 96.0 Å². The monoisotopic (exact) mass is 849 g/mol. The summed E-state index contributed by atoms with van der Waals surface area (Å²) in [5.74, 6) is -1.98. The van der Waals surface area contributed by atoms with Crippen LogP contribution >= 0.6 is 0 Å². The lowest BCUT2D eigenvalue weighted by atomic mass is 10.00. The molecular weight excluding hydrogens is 765 g/mol. The van der Waals surface area contributed by atoms with E-state index in [4.69, 9.17) is 18.9 Å². The molecule has 0 aromatic carbocycles. The van der Waals surface area contributed by atoms with Gasteiger partial charge < -0.3 is 34.3 Å². The standard InChI is InChI=1S/C45H84O12S/c1-3-5-7-9-11-13-15-17-19-21-23-25-27-29-31-33-40(46)54-35-38(36-55-45-44(50)43(49)42(48)39(57-45)37-58(51,52)53)56-41(47)34-32-30-28-26-24-22-20-18-16-14-12-10-8-6-4-2/h18,20,38-39,42-45,48-50H,3-17,19,21-37H2,1-2H3,(H,51,52,53)/b20-18-/t38?,39-,42-,43+,44-,45+/m1/s1. The zero-order valence-corrected chi connectivity index (χ0v) is 37.2. The summed E-state index contributed by atoms with van der Waals surface area (Å²) in [5.41, 5.74) is 0. The zero-order valence-electron chi connectivity index (χ0n) is 36.4. The fraction of sp³-hybridized carbons (Fsp3) is 0.911. The summed E-state index contributed by atoms with van der Waals surface area (Å²) >= 11 is 0. The van der Waals surface area contributed by atoms with Crippen molar-refractivity contribution in [1.29, 1.82) is 0 Å². The summed E-state index contributed by atoms with van der Waals surface area (Å²) in [6.45, 7) is 3.76. The molecule has 0 saturated carbocycles. The van der Waals surface area contributed by atoms with Crippen molar-refractivity contribution in [3.8, 4) is 0 Å². The topological polar surface area (TPSA) is 186 Å². The van der Waals surface area contributed by atoms with Gasteiger partial charge in [0.15, 0.2) is 12.4 Å². The van der Waals surface area contributed by atoms with Gasteiger partial charge in [0.1, 0.15) is 36.8 Å². The van der Waals surface area contributed by atoms with Crippen molar-refractivity contribution >= 4 is 22.1 Å². The van der Waals surface area contributed by atoms with Crippen LogP contribution in [0.25, 0.3) is 0 Å². The lowest BCUT2D eigenvalue weighted by molar-refractivity contribution is -0.297. The van der Waals surface area contributed by atoms with Gasteiger partial charge in [-0.2, -0.15) is 8.42 Å². The molecule has 0 aromatic rings. The molecule has 1 unspecified atom stereocenters. The van der Waals surface area contributed by atoms with Crippen LogP contribution < -0.4 is 0 Å². The minimum absolute atomic E-state index is 0.158. The summed E-state index contributed by atoms with van der Waals surface area (Å²) < 4.78 is 54.1. The highest BCUT2D eigenvalue weighted by molar-refractivity contribution is 7.85. The quantitative estimate of drug-likeness (QED) is 0.0199. The Morgan fingerprint density at radius 3 is 1.43 bits per heavy atom. The molecule has 0 aromatic heterocycles. The van der Waals surface area contributed by atoms with Gasteiger partial charge in [0.2, 0.25) is 0 Å². The third kappa shape index (κ3) is 30.4. The normalized spacial score (nSPS) is 20.4. The van der Waals surface area contributed by atoms with Gasteiger partial charge in [-0.25, -0.2) is 0 Å². The number of rotatable bonds is 39. The van der Waals surface area contributed by atoms with E-state index in [-0.39, 0.29) is 19.4 Å². The van der Waals surface area contributed by atoms with E-state index in [0.717, 1.165) is 57.8 Å². The minimum Gasteiger partial charge on any atom is -0.462 e. The van der Waals surface area contributed by atoms with Gasteiger partial charge in [0, 0.05) is 12.8 Å². The second-order valence-electron chi connectivity index (χ2n) is 16.4. The number of ether oxygens (including phenoxy) is 4. The molecule has 1 aliphatic heterocycles. The largest absolute Gasteiger partial charge is 0.462 e. The Labute approximate surface area is 352 Å². The third-order valence-corrected chi connectivity index (χ3v) is 11.6. The molecule has 6 atom stereocenters. The molecule has 0 spiro atoms. The number of esters is 2. The lowest BCUT2D eigenvalue weighted by Gasteiger charge is -2.40. The molecule has 1 heterocycles. The second-order valence-corrected chi connectivity index (χ2v) is 17.9. The maximum absolute atomic E-state index is 12.8. The van der Waals surface area contributed by atoms with Crippen molar-refractivity contribution < 1.29 is 56.8 Å². The first kappa shape index (κ1) is 54.4. The minimum atomic E-state index is -4.60. The number of allylic oxidation sites excluding steroid dienone is 2. The molecule has 58 heavy (non-hydrogen) atoms. The smallest absolute Gasteiger partial charge is 0.306 e. The first-order valence-corrected chi connectivity index (χ1v) is 24.9. The molecular formula is C45H84O12S. The van der Waals surface area contributed by atoms with Crippen LogP contribution in [0.1, 0.15) is 206 Å². The Balaban J connectivity index is 2.43. The van der Waals surface area contributed by atoms with Gasteiger partial charge >= 0.3 is 11.9 Å². The van der Waals surface area contributed by atoms with E-state index in [9.17, 15) is 37.9 Å². The Morgan fingerprint density at radius 2 is 0.983 bits per heavy atom. The molecule has 1 fully saturated rings. The third-order valence-electron chi connectivity index (χ3n) is 10.8. The summed E-state index contributed by atoms with van der Waals surface area (Å²) in [4.78, 5) is 25.4. The second kappa shape index (κ2) is 36.1. The predicted octanol–water partition coefficient (Wildman–Crippen LogP) is 9.45. The lowest BCUT2D eigenvalue weighted by Crippen LogP contribution is -2.60. The van der Waals surface area contributed by atoms with Crippen LogP contribution in [0, 0.1) is 0 Å². The first-order chi connectivity index (χ1) is 28.0. The van der Waals surface area contributed by atoms with Crippen molar-refractivity contribution in [2.75, 3.05) is 19.0 Å². The van der Waals surface area contributed by atoms with E-state index in [1.807, 2.05) is 0 Å². The number of hydrogen-bond donors (Lipinski definition) is 4. The van der Waals surface area contributed by atoms with E-state index in [2.05, 4.69) is 26.0 Å². The van der Waals surface area contributed by atoms with Gasteiger partial charge in [0.05, 0.1) is 6.61 Å². The van der Waals surface area contributed by atoms with Crippen LogP contribution in [0.3, 0.4) is 0 Å². The molecule has 342 valence electrons. The summed E-state index contributed by atoms with van der Waals surface area (Å²) in [5, 5.41) is 30.9. The van der Waals surface area contributed by atoms with Crippen LogP contribution in [0.2, 0.25) is 0 Å². The SMILES string of the molecule is CCCCCCCC/C=C\CCCCCCCC(=O)OC(COC(=O)CCCCCCCCCCCCCCCCC)CO[C@H]1O[C@H](CS(=O)(=O)O)[C@@H](O)[C@H](O)[C@H]1O. The first-order valence-electron chi connectivity index (χ1n) is 23.2. The van der Waals surface area contributed by atoms with E-state index in [1.54, 1.807) is 0 Å². The van der Waals surface area contributed by atoms with Crippen LogP contribution in [0.5, 0.6) is 0 Å². The van der Waals surface area contributed by atoms with Gasteiger partial charge in [-0.05, 0) is 38.5 Å². The molecule has 0 amide bonds. The molecule has 13 heteroatoms. The molecule has 1 saturated heterocycles. The van der Waals surface area contributed by atoms with E-state index < -0.39 is 71.2 Å². The number of carbonyl (C=O) groups is 2. The van der Waals surface area contributed by atoms with Crippen molar-refractivity contribution in [3.05, 3.63) is 12.2 Å². The van der Waals surface area contributed by atoms with Gasteiger partial charge in [-0.1, -0.05) is 167 Å². The molecule has 0 aliphatic carbocycles. The van der Waals surface area contributed by atoms with Gasteiger partial charge in [-0.15, -0.1) is 0 Å². The number of aliphatic hydroxyl groups excluding tert-OH is 3. The zero-order chi connectivity index (χ0) is 42.7. The van der Waals surface area contributed by atoms with Crippen molar-refractivity contribution in [1.82, 2.24) is 0 Å². The average molecular weight is 849 g/mol. The maximum atomic E-state index is 12.8. The fourth-order valence-corrected chi connectivity index (χ4v) is 7.89. The number of aliphatic hydroxyl groups is 3.